The number of rotatable bonds is 4. The van der Waals surface area contributed by atoms with Gasteiger partial charge in [0.05, 0.1) is 6.54 Å². The molecule has 0 saturated heterocycles. The van der Waals surface area contributed by atoms with Crippen molar-refractivity contribution in [3.8, 4) is 0 Å². The smallest absolute Gasteiger partial charge is 0.321 e. The Bertz CT molecular complexity index is 556. The van der Waals surface area contributed by atoms with Crippen molar-refractivity contribution in [2.24, 2.45) is 0 Å². The Morgan fingerprint density at radius 3 is 2.41 bits per heavy atom. The number of imide groups is 1. The maximum Gasteiger partial charge on any atom is 0.321 e. The summed E-state index contributed by atoms with van der Waals surface area (Å²) >= 11 is 0. The van der Waals surface area contributed by atoms with Crippen molar-refractivity contribution in [1.29, 1.82) is 0 Å². The SMILES string of the molecule is C[C@@H](NCC(=O)NC(=O)NC(C)(C)C)c1ccc(F)cc1F. The molecule has 0 unspecified atom stereocenters. The molecule has 1 rings (SSSR count). The van der Waals surface area contributed by atoms with E-state index >= 15 is 0 Å². The molecule has 0 aliphatic rings. The standard InChI is InChI=1S/C15H21F2N3O2/c1-9(11-6-5-10(16)7-12(11)17)18-8-13(21)19-14(22)20-15(2,3)4/h5-7,9,18H,8H2,1-4H3,(H2,19,20,21,22)/t9-/m1/s1. The lowest BCUT2D eigenvalue weighted by Gasteiger charge is -2.20. The third-order valence-corrected chi connectivity index (χ3v) is 2.74. The largest absolute Gasteiger partial charge is 0.333 e. The zero-order valence-corrected chi connectivity index (χ0v) is 13.1. The number of urea groups is 1. The number of hydrogen-bond acceptors (Lipinski definition) is 3. The second-order valence-electron chi connectivity index (χ2n) is 6.02. The second-order valence-corrected chi connectivity index (χ2v) is 6.02. The van der Waals surface area contributed by atoms with E-state index in [4.69, 9.17) is 0 Å². The van der Waals surface area contributed by atoms with Crippen LogP contribution in [-0.2, 0) is 4.79 Å². The minimum atomic E-state index is -0.689. The average Bonchev–Trinajstić information content (AvgIpc) is 2.33. The molecule has 5 nitrogen and oxygen atoms in total. The molecule has 0 saturated carbocycles. The van der Waals surface area contributed by atoms with Crippen molar-refractivity contribution < 1.29 is 18.4 Å². The summed E-state index contributed by atoms with van der Waals surface area (Å²) < 4.78 is 26.4. The Labute approximate surface area is 128 Å². The van der Waals surface area contributed by atoms with Gasteiger partial charge in [0.2, 0.25) is 5.91 Å². The van der Waals surface area contributed by atoms with Crippen LogP contribution in [0.2, 0.25) is 0 Å². The highest BCUT2D eigenvalue weighted by atomic mass is 19.1. The third kappa shape index (κ3) is 6.17. The Kier molecular flexibility index (Phi) is 5.99. The van der Waals surface area contributed by atoms with Gasteiger partial charge in [-0.25, -0.2) is 13.6 Å². The molecular formula is C15H21F2N3O2. The van der Waals surface area contributed by atoms with Crippen LogP contribution in [0.25, 0.3) is 0 Å². The van der Waals surface area contributed by atoms with Crippen LogP contribution in [0.1, 0.15) is 39.3 Å². The molecule has 7 heteroatoms. The molecule has 3 amide bonds. The van der Waals surface area contributed by atoms with E-state index in [0.29, 0.717) is 0 Å². The number of nitrogens with one attached hydrogen (secondary N) is 3. The summed E-state index contributed by atoms with van der Waals surface area (Å²) in [5, 5.41) is 7.52. The highest BCUT2D eigenvalue weighted by molar-refractivity contribution is 5.95. The number of hydrogen-bond donors (Lipinski definition) is 3. The molecule has 0 fully saturated rings. The highest BCUT2D eigenvalue weighted by Crippen LogP contribution is 2.17. The number of carbonyl (C=O) groups is 2. The molecule has 1 aromatic rings. The topological polar surface area (TPSA) is 70.2 Å². The first-order valence-corrected chi connectivity index (χ1v) is 6.89. The van der Waals surface area contributed by atoms with Crippen molar-refractivity contribution >= 4 is 11.9 Å². The van der Waals surface area contributed by atoms with Crippen LogP contribution in [0.3, 0.4) is 0 Å². The summed E-state index contributed by atoms with van der Waals surface area (Å²) in [5.74, 6) is -1.90. The van der Waals surface area contributed by atoms with Gasteiger partial charge in [-0.2, -0.15) is 0 Å². The fraction of sp³-hybridized carbons (Fsp3) is 0.467. The summed E-state index contributed by atoms with van der Waals surface area (Å²) in [5.41, 5.74) is -0.212. The molecule has 0 aliphatic heterocycles. The van der Waals surface area contributed by atoms with Crippen LogP contribution in [0.4, 0.5) is 13.6 Å². The van der Waals surface area contributed by atoms with E-state index in [2.05, 4.69) is 16.0 Å². The number of carbonyl (C=O) groups excluding carboxylic acids is 2. The van der Waals surface area contributed by atoms with Crippen molar-refractivity contribution in [2.75, 3.05) is 6.54 Å². The van der Waals surface area contributed by atoms with Gasteiger partial charge >= 0.3 is 6.03 Å². The fourth-order valence-electron chi connectivity index (χ4n) is 1.75. The van der Waals surface area contributed by atoms with Crippen molar-refractivity contribution in [1.82, 2.24) is 16.0 Å². The highest BCUT2D eigenvalue weighted by Gasteiger charge is 2.17. The van der Waals surface area contributed by atoms with Crippen LogP contribution >= 0.6 is 0 Å². The lowest BCUT2D eigenvalue weighted by atomic mass is 10.1. The average molecular weight is 313 g/mol. The van der Waals surface area contributed by atoms with Gasteiger partial charge in [-0.05, 0) is 33.8 Å². The summed E-state index contributed by atoms with van der Waals surface area (Å²) in [6, 6.07) is 2.14. The van der Waals surface area contributed by atoms with E-state index in [1.165, 1.54) is 6.07 Å². The second kappa shape index (κ2) is 7.31. The first kappa shape index (κ1) is 18.0. The van der Waals surface area contributed by atoms with Crippen LogP contribution in [0.5, 0.6) is 0 Å². The molecule has 0 aromatic heterocycles. The summed E-state index contributed by atoms with van der Waals surface area (Å²) in [7, 11) is 0. The maximum absolute atomic E-state index is 13.6. The Morgan fingerprint density at radius 2 is 1.86 bits per heavy atom. The van der Waals surface area contributed by atoms with Crippen LogP contribution < -0.4 is 16.0 Å². The van der Waals surface area contributed by atoms with Gasteiger partial charge in [0.1, 0.15) is 11.6 Å². The van der Waals surface area contributed by atoms with E-state index in [9.17, 15) is 18.4 Å². The van der Waals surface area contributed by atoms with E-state index in [-0.39, 0.29) is 12.1 Å². The first-order chi connectivity index (χ1) is 10.1. The van der Waals surface area contributed by atoms with Crippen molar-refractivity contribution in [3.05, 3.63) is 35.4 Å². The summed E-state index contributed by atoms with van der Waals surface area (Å²) in [4.78, 5) is 23.1. The predicted molar refractivity (Wildman–Crippen MR) is 79.2 cm³/mol. The predicted octanol–water partition coefficient (Wildman–Crippen LogP) is 2.24. The van der Waals surface area contributed by atoms with Crippen LogP contribution in [-0.4, -0.2) is 24.0 Å². The van der Waals surface area contributed by atoms with E-state index in [1.807, 2.05) is 0 Å². The van der Waals surface area contributed by atoms with Gasteiger partial charge in [-0.1, -0.05) is 6.07 Å². The van der Waals surface area contributed by atoms with E-state index < -0.39 is 35.2 Å². The van der Waals surface area contributed by atoms with Crippen molar-refractivity contribution in [3.63, 3.8) is 0 Å². The van der Waals surface area contributed by atoms with Gasteiger partial charge in [-0.3, -0.25) is 10.1 Å². The van der Waals surface area contributed by atoms with Crippen LogP contribution in [0, 0.1) is 11.6 Å². The Hall–Kier alpha value is -2.02. The molecule has 0 spiro atoms. The molecular weight excluding hydrogens is 292 g/mol. The van der Waals surface area contributed by atoms with Crippen molar-refractivity contribution in [2.45, 2.75) is 39.3 Å². The van der Waals surface area contributed by atoms with Gasteiger partial charge in [0, 0.05) is 23.2 Å². The summed E-state index contributed by atoms with van der Waals surface area (Å²) in [6.45, 7) is 6.83. The molecule has 0 aliphatic carbocycles. The quantitative estimate of drug-likeness (QED) is 0.798. The number of benzene rings is 1. The lowest BCUT2D eigenvalue weighted by Crippen LogP contribution is -2.50. The zero-order valence-electron chi connectivity index (χ0n) is 13.1. The molecule has 3 N–H and O–H groups in total. The fourth-order valence-corrected chi connectivity index (χ4v) is 1.75. The van der Waals surface area contributed by atoms with Gasteiger partial charge in [0.25, 0.3) is 0 Å². The monoisotopic (exact) mass is 313 g/mol. The van der Waals surface area contributed by atoms with Gasteiger partial charge < -0.3 is 10.6 Å². The molecule has 0 bridgehead atoms. The molecule has 0 radical (unpaired) electrons. The van der Waals surface area contributed by atoms with Gasteiger partial charge in [-0.15, -0.1) is 0 Å². The first-order valence-electron chi connectivity index (χ1n) is 6.89. The molecule has 0 heterocycles. The number of halogens is 2. The Balaban J connectivity index is 2.48. The third-order valence-electron chi connectivity index (χ3n) is 2.74. The van der Waals surface area contributed by atoms with Gasteiger partial charge in [0.15, 0.2) is 0 Å². The normalized spacial score (nSPS) is 12.6. The summed E-state index contributed by atoms with van der Waals surface area (Å²) in [6.07, 6.45) is 0. The van der Waals surface area contributed by atoms with E-state index in [0.717, 1.165) is 12.1 Å². The number of amides is 3. The molecule has 22 heavy (non-hydrogen) atoms. The Morgan fingerprint density at radius 1 is 1.23 bits per heavy atom. The lowest BCUT2D eigenvalue weighted by molar-refractivity contribution is -0.119. The maximum atomic E-state index is 13.6. The zero-order chi connectivity index (χ0) is 16.9. The minimum Gasteiger partial charge on any atom is -0.333 e. The molecule has 1 atom stereocenters. The minimum absolute atomic E-state index is 0.171. The molecule has 1 aromatic carbocycles. The van der Waals surface area contributed by atoms with Crippen LogP contribution in [0.15, 0.2) is 18.2 Å². The molecule has 122 valence electrons. The van der Waals surface area contributed by atoms with E-state index in [1.54, 1.807) is 27.7 Å².